The minimum atomic E-state index is 0.559. The summed E-state index contributed by atoms with van der Waals surface area (Å²) in [4.78, 5) is 38.9. The van der Waals surface area contributed by atoms with Crippen LogP contribution in [-0.4, -0.2) is 39.9 Å². The standard InChI is InChI=1S/C54H34N8/c1-3-11-41(12-4-1)51-59-47(31-49(61-51)53-55-33-43-15-7-9-17-45(43)57-53)39-27-23-37(24-28-39)35-19-21-36(22-20-35)38-25-29-40(30-26-38)48-32-50(62-52(60-48)42-13-5-2-6-14-42)54-56-34-44-16-8-10-18-46(44)58-54/h1-34H. The second-order valence-electron chi connectivity index (χ2n) is 14.9. The Kier molecular flexibility index (Phi) is 9.33. The molecule has 0 spiro atoms. The lowest BCUT2D eigenvalue weighted by atomic mass is 9.98. The van der Waals surface area contributed by atoms with Gasteiger partial charge >= 0.3 is 0 Å². The third-order valence-electron chi connectivity index (χ3n) is 10.9. The number of nitrogens with zero attached hydrogens (tertiary/aromatic N) is 8. The number of benzene rings is 7. The molecule has 0 amide bonds. The molecule has 0 unspecified atom stereocenters. The van der Waals surface area contributed by atoms with Crippen LogP contribution >= 0.6 is 0 Å². The van der Waals surface area contributed by atoms with Crippen LogP contribution in [0.2, 0.25) is 0 Å². The van der Waals surface area contributed by atoms with Crippen LogP contribution in [0.5, 0.6) is 0 Å². The fourth-order valence-electron chi connectivity index (χ4n) is 7.57. The van der Waals surface area contributed by atoms with Gasteiger partial charge in [0.25, 0.3) is 0 Å². The van der Waals surface area contributed by atoms with Gasteiger partial charge < -0.3 is 0 Å². The predicted molar refractivity (Wildman–Crippen MR) is 247 cm³/mol. The van der Waals surface area contributed by atoms with E-state index in [1.54, 1.807) is 0 Å². The molecule has 0 aliphatic heterocycles. The van der Waals surface area contributed by atoms with Gasteiger partial charge in [-0.3, -0.25) is 0 Å². The number of hydrogen-bond acceptors (Lipinski definition) is 8. The summed E-state index contributed by atoms with van der Waals surface area (Å²) in [5.41, 5.74) is 12.9. The maximum absolute atomic E-state index is 5.00. The molecule has 0 N–H and O–H groups in total. The van der Waals surface area contributed by atoms with Crippen molar-refractivity contribution in [1.82, 2.24) is 39.9 Å². The summed E-state index contributed by atoms with van der Waals surface area (Å²) >= 11 is 0. The quantitative estimate of drug-likeness (QED) is 0.150. The van der Waals surface area contributed by atoms with Crippen molar-refractivity contribution < 1.29 is 0 Å². The number of rotatable bonds is 8. The molecule has 0 atom stereocenters. The number of aromatic nitrogens is 8. The summed E-state index contributed by atoms with van der Waals surface area (Å²) in [7, 11) is 0. The molecule has 0 saturated carbocycles. The van der Waals surface area contributed by atoms with Crippen LogP contribution in [0.15, 0.2) is 207 Å². The number of hydrogen-bond donors (Lipinski definition) is 0. The lowest BCUT2D eigenvalue weighted by molar-refractivity contribution is 1.13. The first kappa shape index (κ1) is 36.5. The first-order valence-corrected chi connectivity index (χ1v) is 20.3. The van der Waals surface area contributed by atoms with Crippen molar-refractivity contribution in [3.8, 4) is 90.6 Å². The topological polar surface area (TPSA) is 103 Å². The predicted octanol–water partition coefficient (Wildman–Crippen LogP) is 12.5. The van der Waals surface area contributed by atoms with Gasteiger partial charge in [0.05, 0.1) is 22.4 Å². The second kappa shape index (κ2) is 15.9. The molecule has 11 aromatic rings. The van der Waals surface area contributed by atoms with Crippen molar-refractivity contribution in [3.63, 3.8) is 0 Å². The lowest BCUT2D eigenvalue weighted by Gasteiger charge is -2.11. The molecule has 0 aliphatic carbocycles. The summed E-state index contributed by atoms with van der Waals surface area (Å²) in [6.45, 7) is 0. The second-order valence-corrected chi connectivity index (χ2v) is 14.9. The molecule has 0 aliphatic rings. The van der Waals surface area contributed by atoms with Gasteiger partial charge in [-0.05, 0) is 46.5 Å². The minimum absolute atomic E-state index is 0.559. The molecule has 8 nitrogen and oxygen atoms in total. The summed E-state index contributed by atoms with van der Waals surface area (Å²) < 4.78 is 0. The molecule has 290 valence electrons. The third kappa shape index (κ3) is 7.33. The molecule has 0 fully saturated rings. The third-order valence-corrected chi connectivity index (χ3v) is 10.9. The highest BCUT2D eigenvalue weighted by Gasteiger charge is 2.15. The van der Waals surface area contributed by atoms with Gasteiger partial charge in [-0.25, -0.2) is 39.9 Å². The van der Waals surface area contributed by atoms with E-state index in [9.17, 15) is 0 Å². The highest BCUT2D eigenvalue weighted by molar-refractivity contribution is 5.82. The van der Waals surface area contributed by atoms with Crippen LogP contribution in [-0.2, 0) is 0 Å². The lowest BCUT2D eigenvalue weighted by Crippen LogP contribution is -1.98. The molecule has 62 heavy (non-hydrogen) atoms. The fraction of sp³-hybridized carbons (Fsp3) is 0. The Balaban J connectivity index is 0.863. The van der Waals surface area contributed by atoms with E-state index in [0.29, 0.717) is 34.7 Å². The van der Waals surface area contributed by atoms with Gasteiger partial charge in [-0.15, -0.1) is 0 Å². The Morgan fingerprint density at radius 1 is 0.226 bits per heavy atom. The van der Waals surface area contributed by atoms with Crippen molar-refractivity contribution in [2.45, 2.75) is 0 Å². The van der Waals surface area contributed by atoms with Crippen LogP contribution in [0.4, 0.5) is 0 Å². The zero-order chi connectivity index (χ0) is 41.2. The van der Waals surface area contributed by atoms with Gasteiger partial charge in [0, 0.05) is 45.4 Å². The van der Waals surface area contributed by atoms with Gasteiger partial charge in [0.1, 0.15) is 11.4 Å². The van der Waals surface area contributed by atoms with E-state index in [4.69, 9.17) is 29.9 Å². The molecular formula is C54H34N8. The van der Waals surface area contributed by atoms with E-state index in [0.717, 1.165) is 77.7 Å². The van der Waals surface area contributed by atoms with E-state index >= 15 is 0 Å². The number of para-hydroxylation sites is 2. The van der Waals surface area contributed by atoms with Crippen molar-refractivity contribution >= 4 is 21.8 Å². The van der Waals surface area contributed by atoms with Gasteiger partial charge in [-0.2, -0.15) is 0 Å². The fourth-order valence-corrected chi connectivity index (χ4v) is 7.57. The molecule has 0 bridgehead atoms. The Bertz CT molecular complexity index is 3150. The molecular weight excluding hydrogens is 761 g/mol. The SMILES string of the molecule is c1ccc(-c2nc(-c3ccc(-c4ccc(-c5ccc(-c6cc(-c7ncc8ccccc8n7)nc(-c7ccccc7)n6)cc5)cc4)cc3)cc(-c3ncc4ccccc4n3)n2)cc1. The molecule has 8 heteroatoms. The van der Waals surface area contributed by atoms with Crippen molar-refractivity contribution in [1.29, 1.82) is 0 Å². The summed E-state index contributed by atoms with van der Waals surface area (Å²) in [6.07, 6.45) is 3.69. The van der Waals surface area contributed by atoms with Gasteiger partial charge in [0.15, 0.2) is 23.3 Å². The van der Waals surface area contributed by atoms with Crippen LogP contribution in [0, 0.1) is 0 Å². The van der Waals surface area contributed by atoms with E-state index in [2.05, 4.69) is 82.8 Å². The zero-order valence-electron chi connectivity index (χ0n) is 33.2. The summed E-state index contributed by atoms with van der Waals surface area (Å²) in [6, 6.07) is 65.5. The van der Waals surface area contributed by atoms with Gasteiger partial charge in [-0.1, -0.05) is 170 Å². The minimum Gasteiger partial charge on any atom is -0.235 e. The van der Waals surface area contributed by atoms with Crippen LogP contribution in [0.25, 0.3) is 112 Å². The van der Waals surface area contributed by atoms with E-state index < -0.39 is 0 Å². The largest absolute Gasteiger partial charge is 0.235 e. The molecule has 4 aromatic heterocycles. The first-order chi connectivity index (χ1) is 30.7. The van der Waals surface area contributed by atoms with Crippen molar-refractivity contribution in [2.75, 3.05) is 0 Å². The van der Waals surface area contributed by atoms with E-state index in [1.807, 2.05) is 134 Å². The smallest absolute Gasteiger partial charge is 0.178 e. The average molecular weight is 795 g/mol. The monoisotopic (exact) mass is 794 g/mol. The zero-order valence-corrected chi connectivity index (χ0v) is 33.2. The van der Waals surface area contributed by atoms with Crippen LogP contribution < -0.4 is 0 Å². The average Bonchev–Trinajstić information content (AvgIpc) is 3.36. The van der Waals surface area contributed by atoms with Crippen LogP contribution in [0.1, 0.15) is 0 Å². The molecule has 0 radical (unpaired) electrons. The Morgan fingerprint density at radius 2 is 0.548 bits per heavy atom. The van der Waals surface area contributed by atoms with Crippen molar-refractivity contribution in [2.24, 2.45) is 0 Å². The van der Waals surface area contributed by atoms with E-state index in [-0.39, 0.29) is 0 Å². The Hall–Kier alpha value is -8.62. The molecule has 7 aromatic carbocycles. The normalized spacial score (nSPS) is 11.2. The highest BCUT2D eigenvalue weighted by atomic mass is 15.0. The maximum atomic E-state index is 5.00. The maximum Gasteiger partial charge on any atom is 0.178 e. The van der Waals surface area contributed by atoms with Crippen molar-refractivity contribution in [3.05, 3.63) is 207 Å². The first-order valence-electron chi connectivity index (χ1n) is 20.3. The van der Waals surface area contributed by atoms with Crippen LogP contribution in [0.3, 0.4) is 0 Å². The Labute approximate surface area is 357 Å². The molecule has 4 heterocycles. The van der Waals surface area contributed by atoms with E-state index in [1.165, 1.54) is 0 Å². The molecule has 11 rings (SSSR count). The highest BCUT2D eigenvalue weighted by Crippen LogP contribution is 2.32. The summed E-state index contributed by atoms with van der Waals surface area (Å²) in [5.74, 6) is 2.36. The number of fused-ring (bicyclic) bond motifs is 2. The van der Waals surface area contributed by atoms with Gasteiger partial charge in [0.2, 0.25) is 0 Å². The molecule has 0 saturated heterocycles. The Morgan fingerprint density at radius 3 is 0.935 bits per heavy atom. The summed E-state index contributed by atoms with van der Waals surface area (Å²) in [5, 5.41) is 1.96.